The molecular formula is C28H20O4. The van der Waals surface area contributed by atoms with Crippen molar-refractivity contribution in [2.75, 3.05) is 0 Å². The molecule has 4 aromatic rings. The summed E-state index contributed by atoms with van der Waals surface area (Å²) in [6.07, 6.45) is 6.10. The van der Waals surface area contributed by atoms with Crippen molar-refractivity contribution in [3.63, 3.8) is 0 Å². The summed E-state index contributed by atoms with van der Waals surface area (Å²) < 4.78 is 11.1. The number of esters is 2. The molecule has 4 heteroatoms. The molecule has 0 unspecified atom stereocenters. The summed E-state index contributed by atoms with van der Waals surface area (Å²) in [7, 11) is 0. The highest BCUT2D eigenvalue weighted by molar-refractivity contribution is 5.99. The van der Waals surface area contributed by atoms with Crippen molar-refractivity contribution in [2.24, 2.45) is 0 Å². The summed E-state index contributed by atoms with van der Waals surface area (Å²) in [4.78, 5) is 24.8. The number of carbonyl (C=O) groups is 2. The molecule has 4 rings (SSSR count). The molecule has 0 bridgehead atoms. The summed E-state index contributed by atoms with van der Waals surface area (Å²) in [6.45, 7) is 0. The quantitative estimate of drug-likeness (QED) is 0.216. The predicted molar refractivity (Wildman–Crippen MR) is 126 cm³/mol. The Morgan fingerprint density at radius 2 is 0.969 bits per heavy atom. The van der Waals surface area contributed by atoms with E-state index in [1.807, 2.05) is 72.8 Å². The van der Waals surface area contributed by atoms with Crippen LogP contribution >= 0.6 is 0 Å². The maximum absolute atomic E-state index is 12.4. The van der Waals surface area contributed by atoms with Crippen molar-refractivity contribution in [3.8, 4) is 11.5 Å². The molecule has 0 N–H and O–H groups in total. The standard InChI is InChI=1S/C28H20O4/c29-26(19-17-21-9-3-1-4-10-21)31-24-15-7-13-23-14-8-16-25(28(23)24)32-27(30)20-18-22-11-5-2-6-12-22/h1-20H/b19-17+,20-18+. The molecule has 32 heavy (non-hydrogen) atoms. The van der Waals surface area contributed by atoms with Gasteiger partial charge in [0.1, 0.15) is 11.5 Å². The average molecular weight is 420 g/mol. The van der Waals surface area contributed by atoms with Gasteiger partial charge in [-0.25, -0.2) is 9.59 Å². The van der Waals surface area contributed by atoms with Gasteiger partial charge in [-0.15, -0.1) is 0 Å². The molecule has 0 aliphatic rings. The van der Waals surface area contributed by atoms with Gasteiger partial charge in [0.15, 0.2) is 0 Å². The molecule has 0 aliphatic heterocycles. The smallest absolute Gasteiger partial charge is 0.336 e. The van der Waals surface area contributed by atoms with Crippen LogP contribution in [0, 0.1) is 0 Å². The van der Waals surface area contributed by atoms with Crippen molar-refractivity contribution in [2.45, 2.75) is 0 Å². The number of hydrogen-bond donors (Lipinski definition) is 0. The lowest BCUT2D eigenvalue weighted by Gasteiger charge is -2.10. The SMILES string of the molecule is O=C(/C=C/c1ccccc1)Oc1cccc2cccc(OC(=O)/C=C/c3ccccc3)c12. The van der Waals surface area contributed by atoms with E-state index >= 15 is 0 Å². The van der Waals surface area contributed by atoms with Crippen LogP contribution in [0.15, 0.2) is 109 Å². The Labute approximate surface area is 186 Å². The van der Waals surface area contributed by atoms with Crippen molar-refractivity contribution >= 4 is 34.9 Å². The molecule has 4 aromatic carbocycles. The Morgan fingerprint density at radius 3 is 1.41 bits per heavy atom. The Morgan fingerprint density at radius 1 is 0.531 bits per heavy atom. The van der Waals surface area contributed by atoms with E-state index < -0.39 is 11.9 Å². The van der Waals surface area contributed by atoms with E-state index in [4.69, 9.17) is 9.47 Å². The molecule has 0 saturated heterocycles. The molecule has 4 nitrogen and oxygen atoms in total. The lowest BCUT2D eigenvalue weighted by atomic mass is 10.1. The first-order valence-electron chi connectivity index (χ1n) is 10.1. The molecule has 0 aromatic heterocycles. The monoisotopic (exact) mass is 420 g/mol. The molecule has 0 heterocycles. The first-order chi connectivity index (χ1) is 15.7. The normalized spacial score (nSPS) is 11.1. The number of ether oxygens (including phenoxy) is 2. The van der Waals surface area contributed by atoms with Gasteiger partial charge in [-0.3, -0.25) is 0 Å². The van der Waals surface area contributed by atoms with Crippen molar-refractivity contribution in [1.82, 2.24) is 0 Å². The predicted octanol–water partition coefficient (Wildman–Crippen LogP) is 6.08. The topological polar surface area (TPSA) is 52.6 Å². The first-order valence-corrected chi connectivity index (χ1v) is 10.1. The molecule has 0 spiro atoms. The van der Waals surface area contributed by atoms with Crippen LogP contribution in [0.25, 0.3) is 22.9 Å². The second-order valence-corrected chi connectivity index (χ2v) is 6.94. The molecule has 0 saturated carbocycles. The van der Waals surface area contributed by atoms with Gasteiger partial charge in [-0.05, 0) is 40.8 Å². The minimum atomic E-state index is -0.522. The van der Waals surface area contributed by atoms with E-state index in [0.717, 1.165) is 16.5 Å². The van der Waals surface area contributed by atoms with Crippen molar-refractivity contribution in [3.05, 3.63) is 120 Å². The summed E-state index contributed by atoms with van der Waals surface area (Å²) in [5.41, 5.74) is 1.78. The van der Waals surface area contributed by atoms with Crippen LogP contribution in [-0.4, -0.2) is 11.9 Å². The minimum Gasteiger partial charge on any atom is -0.423 e. The summed E-state index contributed by atoms with van der Waals surface area (Å²) in [6, 6.07) is 29.6. The van der Waals surface area contributed by atoms with Crippen LogP contribution < -0.4 is 9.47 Å². The minimum absolute atomic E-state index is 0.320. The third-order valence-electron chi connectivity index (χ3n) is 4.67. The van der Waals surface area contributed by atoms with Gasteiger partial charge in [0.25, 0.3) is 0 Å². The van der Waals surface area contributed by atoms with Gasteiger partial charge in [-0.2, -0.15) is 0 Å². The fourth-order valence-electron chi connectivity index (χ4n) is 3.18. The zero-order valence-corrected chi connectivity index (χ0v) is 17.2. The Hall–Kier alpha value is -4.44. The van der Waals surface area contributed by atoms with Gasteiger partial charge in [0.2, 0.25) is 0 Å². The third-order valence-corrected chi connectivity index (χ3v) is 4.67. The Kier molecular flexibility index (Phi) is 6.54. The zero-order valence-electron chi connectivity index (χ0n) is 17.2. The highest BCUT2D eigenvalue weighted by atomic mass is 16.5. The average Bonchev–Trinajstić information content (AvgIpc) is 2.83. The summed E-state index contributed by atoms with van der Waals surface area (Å²) >= 11 is 0. The number of carbonyl (C=O) groups excluding carboxylic acids is 2. The van der Waals surface area contributed by atoms with E-state index in [1.165, 1.54) is 12.2 Å². The lowest BCUT2D eigenvalue weighted by Crippen LogP contribution is -2.07. The van der Waals surface area contributed by atoms with E-state index in [1.54, 1.807) is 36.4 Å². The molecular weight excluding hydrogens is 400 g/mol. The van der Waals surface area contributed by atoms with Crippen LogP contribution in [0.1, 0.15) is 11.1 Å². The maximum atomic E-state index is 12.4. The highest BCUT2D eigenvalue weighted by Gasteiger charge is 2.13. The maximum Gasteiger partial charge on any atom is 0.336 e. The molecule has 0 amide bonds. The van der Waals surface area contributed by atoms with Gasteiger partial charge < -0.3 is 9.47 Å². The molecule has 0 fully saturated rings. The third kappa shape index (κ3) is 5.37. The van der Waals surface area contributed by atoms with E-state index in [2.05, 4.69) is 0 Å². The van der Waals surface area contributed by atoms with Gasteiger partial charge in [-0.1, -0.05) is 84.9 Å². The largest absolute Gasteiger partial charge is 0.423 e. The first kappa shape index (κ1) is 20.8. The Bertz CT molecular complexity index is 1190. The number of hydrogen-bond acceptors (Lipinski definition) is 4. The van der Waals surface area contributed by atoms with Gasteiger partial charge >= 0.3 is 11.9 Å². The molecule has 0 atom stereocenters. The molecule has 0 aliphatic carbocycles. The zero-order chi connectivity index (χ0) is 22.2. The van der Waals surface area contributed by atoms with E-state index in [9.17, 15) is 9.59 Å². The van der Waals surface area contributed by atoms with Gasteiger partial charge in [0.05, 0.1) is 5.39 Å². The van der Waals surface area contributed by atoms with Gasteiger partial charge in [0, 0.05) is 12.2 Å². The summed E-state index contributed by atoms with van der Waals surface area (Å²) in [5, 5.41) is 1.35. The van der Waals surface area contributed by atoms with Crippen LogP contribution in [0.4, 0.5) is 0 Å². The van der Waals surface area contributed by atoms with E-state index in [-0.39, 0.29) is 0 Å². The lowest BCUT2D eigenvalue weighted by molar-refractivity contribution is -0.129. The Balaban J connectivity index is 1.55. The second kappa shape index (κ2) is 10.0. The number of rotatable bonds is 6. The van der Waals surface area contributed by atoms with E-state index in [0.29, 0.717) is 16.9 Å². The van der Waals surface area contributed by atoms with Crippen LogP contribution in [-0.2, 0) is 9.59 Å². The summed E-state index contributed by atoms with van der Waals surface area (Å²) in [5.74, 6) is -0.404. The highest BCUT2D eigenvalue weighted by Crippen LogP contribution is 2.34. The second-order valence-electron chi connectivity index (χ2n) is 6.94. The number of fused-ring (bicyclic) bond motifs is 1. The number of benzene rings is 4. The molecule has 0 radical (unpaired) electrons. The fourth-order valence-corrected chi connectivity index (χ4v) is 3.18. The van der Waals surface area contributed by atoms with Crippen LogP contribution in [0.5, 0.6) is 11.5 Å². The van der Waals surface area contributed by atoms with Crippen molar-refractivity contribution < 1.29 is 19.1 Å². The van der Waals surface area contributed by atoms with Crippen molar-refractivity contribution in [1.29, 1.82) is 0 Å². The van der Waals surface area contributed by atoms with Crippen LogP contribution in [0.3, 0.4) is 0 Å². The molecule has 156 valence electrons. The fraction of sp³-hybridized carbons (Fsp3) is 0. The van der Waals surface area contributed by atoms with Crippen LogP contribution in [0.2, 0.25) is 0 Å².